The molecule has 0 unspecified atom stereocenters. The van der Waals surface area contributed by atoms with Gasteiger partial charge in [-0.3, -0.25) is 9.89 Å². The van der Waals surface area contributed by atoms with Gasteiger partial charge in [0, 0.05) is 22.9 Å². The summed E-state index contributed by atoms with van der Waals surface area (Å²) in [6.07, 6.45) is 6.71. The van der Waals surface area contributed by atoms with Crippen LogP contribution in [0.25, 0.3) is 33.4 Å². The van der Waals surface area contributed by atoms with Crippen molar-refractivity contribution in [2.24, 2.45) is 5.92 Å². The van der Waals surface area contributed by atoms with Crippen molar-refractivity contribution in [3.63, 3.8) is 0 Å². The number of fused-ring (bicyclic) bond motifs is 1. The van der Waals surface area contributed by atoms with Crippen molar-refractivity contribution in [1.29, 1.82) is 0 Å². The Kier molecular flexibility index (Phi) is 5.16. The van der Waals surface area contributed by atoms with E-state index in [1.807, 2.05) is 42.5 Å². The summed E-state index contributed by atoms with van der Waals surface area (Å²) in [7, 11) is 0. The molecule has 1 aliphatic carbocycles. The van der Waals surface area contributed by atoms with E-state index in [1.165, 1.54) is 12.8 Å². The fourth-order valence-corrected chi connectivity index (χ4v) is 4.65. The summed E-state index contributed by atoms with van der Waals surface area (Å²) in [5.74, 6) is 0.525. The smallest absolute Gasteiger partial charge is 0.185 e. The lowest BCUT2D eigenvalue weighted by Gasteiger charge is -2.14. The summed E-state index contributed by atoms with van der Waals surface area (Å²) in [6.45, 7) is 0. The van der Waals surface area contributed by atoms with Crippen LogP contribution in [0.4, 0.5) is 5.82 Å². The van der Waals surface area contributed by atoms with Crippen LogP contribution in [0, 0.1) is 5.92 Å². The number of rotatable bonds is 5. The monoisotopic (exact) mass is 431 g/mol. The molecule has 0 amide bonds. The highest BCUT2D eigenvalue weighted by Gasteiger charge is 2.24. The Balaban J connectivity index is 1.66. The molecule has 31 heavy (non-hydrogen) atoms. The molecular weight excluding hydrogens is 410 g/mol. The van der Waals surface area contributed by atoms with Gasteiger partial charge in [0.1, 0.15) is 5.69 Å². The fraction of sp³-hybridized carbons (Fsp3) is 0.250. The molecule has 1 aliphatic rings. The Morgan fingerprint density at radius 2 is 1.81 bits per heavy atom. The van der Waals surface area contributed by atoms with E-state index in [9.17, 15) is 4.79 Å². The first kappa shape index (κ1) is 19.7. The van der Waals surface area contributed by atoms with Crippen molar-refractivity contribution in [2.75, 3.05) is 5.73 Å². The van der Waals surface area contributed by atoms with E-state index in [4.69, 9.17) is 22.3 Å². The Bertz CT molecular complexity index is 1260. The number of ketones is 1. The largest absolute Gasteiger partial charge is 0.382 e. The lowest BCUT2D eigenvalue weighted by molar-refractivity contribution is 0.0958. The molecule has 2 heterocycles. The maximum absolute atomic E-state index is 13.1. The number of nitrogen functional groups attached to an aromatic ring is 1. The Labute approximate surface area is 184 Å². The van der Waals surface area contributed by atoms with Gasteiger partial charge in [-0.2, -0.15) is 5.10 Å². The Morgan fingerprint density at radius 3 is 2.58 bits per heavy atom. The van der Waals surface area contributed by atoms with Crippen molar-refractivity contribution in [2.45, 2.75) is 32.1 Å². The Morgan fingerprint density at radius 1 is 1.06 bits per heavy atom. The summed E-state index contributed by atoms with van der Waals surface area (Å²) in [6, 6.07) is 13.5. The topological polar surface area (TPSA) is 97.6 Å². The minimum Gasteiger partial charge on any atom is -0.382 e. The van der Waals surface area contributed by atoms with Gasteiger partial charge in [0.15, 0.2) is 11.6 Å². The lowest BCUT2D eigenvalue weighted by Crippen LogP contribution is -2.13. The van der Waals surface area contributed by atoms with Gasteiger partial charge >= 0.3 is 0 Å². The van der Waals surface area contributed by atoms with Gasteiger partial charge in [-0.05, 0) is 18.1 Å². The SMILES string of the molecule is Nc1nc(-c2ccccc2)c(-c2cc(Cl)c3[nH]ncc3c2)nc1C(=O)CC1CCCC1. The van der Waals surface area contributed by atoms with E-state index in [0.717, 1.165) is 34.9 Å². The van der Waals surface area contributed by atoms with Crippen LogP contribution in [0.15, 0.2) is 48.7 Å². The van der Waals surface area contributed by atoms with Crippen LogP contribution in [0.3, 0.4) is 0 Å². The second-order valence-corrected chi connectivity index (χ2v) is 8.50. The molecule has 0 spiro atoms. The lowest BCUT2D eigenvalue weighted by atomic mass is 9.98. The highest BCUT2D eigenvalue weighted by molar-refractivity contribution is 6.35. The van der Waals surface area contributed by atoms with E-state index in [2.05, 4.69) is 15.2 Å². The Hall–Kier alpha value is -3.25. The summed E-state index contributed by atoms with van der Waals surface area (Å²) in [4.78, 5) is 22.5. The molecule has 2 aromatic heterocycles. The molecule has 2 aromatic carbocycles. The molecule has 7 heteroatoms. The summed E-state index contributed by atoms with van der Waals surface area (Å²) >= 11 is 6.49. The van der Waals surface area contributed by atoms with Gasteiger partial charge in [0.2, 0.25) is 0 Å². The van der Waals surface area contributed by atoms with Gasteiger partial charge in [-0.25, -0.2) is 9.97 Å². The molecule has 0 radical (unpaired) electrons. The number of aromatic amines is 1. The normalized spacial score (nSPS) is 14.4. The number of nitrogens with one attached hydrogen (secondary N) is 1. The molecule has 156 valence electrons. The highest BCUT2D eigenvalue weighted by atomic mass is 35.5. The molecule has 4 aromatic rings. The van der Waals surface area contributed by atoms with Gasteiger partial charge in [-0.1, -0.05) is 67.6 Å². The van der Waals surface area contributed by atoms with E-state index >= 15 is 0 Å². The van der Waals surface area contributed by atoms with Crippen LogP contribution in [-0.2, 0) is 0 Å². The number of H-pyrrole nitrogens is 1. The number of anilines is 1. The van der Waals surface area contributed by atoms with Crippen LogP contribution in [-0.4, -0.2) is 25.9 Å². The number of carbonyl (C=O) groups excluding carboxylic acids is 1. The van der Waals surface area contributed by atoms with E-state index in [0.29, 0.717) is 28.7 Å². The number of benzene rings is 2. The third kappa shape index (κ3) is 3.79. The van der Waals surface area contributed by atoms with E-state index < -0.39 is 0 Å². The van der Waals surface area contributed by atoms with Crippen LogP contribution in [0.1, 0.15) is 42.6 Å². The minimum absolute atomic E-state index is 0.0479. The molecule has 6 nitrogen and oxygen atoms in total. The standard InChI is InChI=1S/C24H22ClN5O/c25-18-12-16(11-17-13-27-30-20(17)18)22-21(15-8-2-1-3-9-15)29-24(26)23(28-22)19(31)10-14-6-4-5-7-14/h1-3,8-9,11-14H,4-7,10H2,(H2,26,29)(H,27,30). The van der Waals surface area contributed by atoms with E-state index in [-0.39, 0.29) is 17.3 Å². The van der Waals surface area contributed by atoms with Crippen molar-refractivity contribution in [3.05, 3.63) is 59.4 Å². The molecule has 1 fully saturated rings. The highest BCUT2D eigenvalue weighted by Crippen LogP contribution is 2.36. The van der Waals surface area contributed by atoms with Crippen molar-refractivity contribution >= 4 is 34.1 Å². The number of aromatic nitrogens is 4. The second-order valence-electron chi connectivity index (χ2n) is 8.09. The van der Waals surface area contributed by atoms with Gasteiger partial charge in [0.25, 0.3) is 0 Å². The average Bonchev–Trinajstić information content (AvgIpc) is 3.46. The number of hydrogen-bond donors (Lipinski definition) is 2. The predicted octanol–water partition coefficient (Wildman–Crippen LogP) is 5.69. The van der Waals surface area contributed by atoms with Crippen LogP contribution in [0.5, 0.6) is 0 Å². The number of halogens is 1. The van der Waals surface area contributed by atoms with Crippen molar-refractivity contribution in [3.8, 4) is 22.5 Å². The summed E-state index contributed by atoms with van der Waals surface area (Å²) in [5, 5.41) is 8.36. The second kappa shape index (κ2) is 8.12. The van der Waals surface area contributed by atoms with Crippen LogP contribution in [0.2, 0.25) is 5.02 Å². The fourth-order valence-electron chi connectivity index (χ4n) is 4.38. The van der Waals surface area contributed by atoms with Crippen molar-refractivity contribution < 1.29 is 4.79 Å². The first-order valence-corrected chi connectivity index (χ1v) is 10.9. The van der Waals surface area contributed by atoms with Crippen molar-refractivity contribution in [1.82, 2.24) is 20.2 Å². The molecule has 1 saturated carbocycles. The van der Waals surface area contributed by atoms with Gasteiger partial charge < -0.3 is 5.73 Å². The number of hydrogen-bond acceptors (Lipinski definition) is 5. The quantitative estimate of drug-likeness (QED) is 0.396. The molecule has 0 aliphatic heterocycles. The molecule has 0 atom stereocenters. The first-order chi connectivity index (χ1) is 15.1. The molecule has 3 N–H and O–H groups in total. The zero-order valence-corrected chi connectivity index (χ0v) is 17.7. The number of carbonyl (C=O) groups is 1. The van der Waals surface area contributed by atoms with E-state index in [1.54, 1.807) is 6.20 Å². The third-order valence-electron chi connectivity index (χ3n) is 5.96. The van der Waals surface area contributed by atoms with Gasteiger partial charge in [0.05, 0.1) is 28.1 Å². The van der Waals surface area contributed by atoms with Crippen LogP contribution >= 0.6 is 11.6 Å². The summed E-state index contributed by atoms with van der Waals surface area (Å²) < 4.78 is 0. The molecule has 0 bridgehead atoms. The van der Waals surface area contributed by atoms with Gasteiger partial charge in [-0.15, -0.1) is 0 Å². The maximum Gasteiger partial charge on any atom is 0.185 e. The average molecular weight is 432 g/mol. The minimum atomic E-state index is -0.0479. The number of nitrogens with two attached hydrogens (primary N) is 1. The number of Topliss-reactive ketones (excluding diaryl/α,β-unsaturated/α-hetero) is 1. The zero-order chi connectivity index (χ0) is 21.4. The predicted molar refractivity (Wildman–Crippen MR) is 123 cm³/mol. The molecular formula is C24H22ClN5O. The third-order valence-corrected chi connectivity index (χ3v) is 6.26. The zero-order valence-electron chi connectivity index (χ0n) is 16.9. The van der Waals surface area contributed by atoms with Crippen LogP contribution < -0.4 is 5.73 Å². The number of nitrogens with zero attached hydrogens (tertiary/aromatic N) is 3. The first-order valence-electron chi connectivity index (χ1n) is 10.5. The molecule has 0 saturated heterocycles. The maximum atomic E-state index is 13.1. The molecule has 5 rings (SSSR count). The summed E-state index contributed by atoms with van der Waals surface area (Å²) in [5.41, 5.74) is 10.1.